The van der Waals surface area contributed by atoms with Crippen molar-refractivity contribution in [3.8, 4) is 0 Å². The molecule has 20 atom stereocenters. The topological polar surface area (TPSA) is 625 Å². The number of H-pyrrole nitrogens is 2. The first-order valence-corrected chi connectivity index (χ1v) is 42.9. The lowest BCUT2D eigenvalue weighted by Gasteiger charge is -2.38. The fraction of sp³-hybridized carbons (Fsp3) is 0.695. The molecule has 0 radical (unpaired) electrons. The number of nitrogens with zero attached hydrogens (tertiary/aromatic N) is 3. The molecule has 120 heavy (non-hydrogen) atoms. The number of hydrogen-bond acceptors (Lipinski definition) is 27. The van der Waals surface area contributed by atoms with Crippen LogP contribution >= 0.6 is 0 Å². The molecule has 38 nitrogen and oxygen atoms in total. The van der Waals surface area contributed by atoms with Gasteiger partial charge in [0.2, 0.25) is 41.4 Å². The van der Waals surface area contributed by atoms with Gasteiger partial charge in [0.1, 0.15) is 55.7 Å². The number of carbonyl (C=O) groups excluding carboxylic acids is 7. The molecular weight excluding hydrogens is 1550 g/mol. The molecule has 6 rings (SSSR count). The standard InChI is InChI=1S/C82H140N20O18/c1-4-6-8-9-10-11-12-13-14-15-16-17-21-34-67(107)90-45-69(109)92-64(47-103)77(116)100-65(48-104)78(117)98-63(41-53-44-86-49-91-53)76(115)101-70(50(3)105)80(119)95-58(30-7-5-2)72(111)96-60-35-36-68(108)87-37-25-24-32-57(71(83)110)93-75(114)62(40-52-43-89-56-31-23-22-29-55(52)56)97-73(112)59(33-26-38-88-82(84)85)94-74(113)61(39-51-27-19-18-20-28-51)99-79(118)66-42-54(106)46-102(66)81(60)120/h18-20,22-23,27-29,31,43-44,49-50,54,57-66,70,72-73,75-78,81,89,93,96-98,100-101,103-106,111-112,114-117,120H,4-17,21,24-26,30,32-42,45-48H2,1-3H3,(H2,83,110)(H,86,91)(H,87,108)(H,90,107)(H,92,109)(H,94,113)(H,95,119)(H,99,118)(H4,84,85,88)/t50?,54-,57+,58+,59+,60+,61-,62+,63+,64+,65+,66+,70+,72+,73+,75+,76+,77+,78+,81+/m1/s1. The van der Waals surface area contributed by atoms with Gasteiger partial charge in [-0.1, -0.05) is 152 Å². The fourth-order valence-electron chi connectivity index (χ4n) is 15.2. The maximum absolute atomic E-state index is 15.1. The van der Waals surface area contributed by atoms with Crippen LogP contribution in [-0.2, 0) is 52.8 Å². The largest absolute Gasteiger partial charge is 0.395 e. The van der Waals surface area contributed by atoms with Crippen LogP contribution in [0.15, 0.2) is 78.3 Å². The summed E-state index contributed by atoms with van der Waals surface area (Å²) in [5.74, 6) is -5.21. The molecule has 0 saturated carbocycles. The van der Waals surface area contributed by atoms with Crippen molar-refractivity contribution in [2.75, 3.05) is 39.4 Å². The van der Waals surface area contributed by atoms with E-state index in [1.807, 2.05) is 31.2 Å². The molecule has 4 aromatic rings. The summed E-state index contributed by atoms with van der Waals surface area (Å²) >= 11 is 0. The Morgan fingerprint density at radius 3 is 1.95 bits per heavy atom. The summed E-state index contributed by atoms with van der Waals surface area (Å²) in [7, 11) is 0. The third kappa shape index (κ3) is 35.8. The van der Waals surface area contributed by atoms with Gasteiger partial charge in [0.25, 0.3) is 0 Å². The number of aliphatic hydroxyl groups excluding tert-OH is 11. The van der Waals surface area contributed by atoms with Gasteiger partial charge in [-0.25, -0.2) is 4.98 Å². The summed E-state index contributed by atoms with van der Waals surface area (Å²) in [5, 5.41) is 162. The average Bonchev–Trinajstić information content (AvgIpc) is 1.65. The third-order valence-corrected chi connectivity index (χ3v) is 22.1. The lowest BCUT2D eigenvalue weighted by atomic mass is 10.00. The number of unbranched alkanes of at least 4 members (excludes halogenated alkanes) is 13. The first kappa shape index (κ1) is 101. The molecule has 2 aliphatic rings. The quantitative estimate of drug-likeness (QED) is 0.00909. The SMILES string of the molecule is CCCCCCCCCCCCCCCC(=O)NCC(=O)N[C@@H](CO)[C@H](O)N[C@@H](CO)[C@H](O)N[C@@H](Cc1cnc[nH]1)[C@H](O)N[C@H](C(=O)N[C@@H](CCCC)[C@H](O)N[C@H]1CCC(=O)NCCCC[C@@H](C(N)=O)N[C@@H](O)[C@H](Cc2c[nH]c3ccccc23)N[C@@H](O)[C@H](CCCN=C(N)N)NC(=O)[C@@H](Cc2ccccc2)NC(=O)[C@@H]2C[C@@H](O)CN2[C@H]1O)C(C)O. The van der Waals surface area contributed by atoms with Gasteiger partial charge in [-0.3, -0.25) is 75.4 Å². The molecule has 2 aliphatic heterocycles. The first-order chi connectivity index (χ1) is 57.6. The zero-order chi connectivity index (χ0) is 87.5. The highest BCUT2D eigenvalue weighted by Gasteiger charge is 2.45. The highest BCUT2D eigenvalue weighted by Crippen LogP contribution is 2.26. The van der Waals surface area contributed by atoms with Crippen molar-refractivity contribution in [3.05, 3.63) is 90.1 Å². The van der Waals surface area contributed by atoms with Crippen molar-refractivity contribution < 1.29 is 89.7 Å². The smallest absolute Gasteiger partial charge is 0.243 e. The van der Waals surface area contributed by atoms with Gasteiger partial charge in [-0.2, -0.15) is 0 Å². The predicted molar refractivity (Wildman–Crippen MR) is 451 cm³/mol. The molecule has 38 heteroatoms. The number of hydrogen-bond donors (Lipinski definition) is 28. The van der Waals surface area contributed by atoms with E-state index in [2.05, 4.69) is 90.7 Å². The second-order valence-corrected chi connectivity index (χ2v) is 31.9. The number of rotatable bonds is 48. The minimum absolute atomic E-state index is 0.0228. The van der Waals surface area contributed by atoms with E-state index in [1.165, 1.54) is 75.7 Å². The second kappa shape index (κ2) is 55.2. The number of aliphatic hydroxyl groups is 11. The van der Waals surface area contributed by atoms with Crippen molar-refractivity contribution in [1.82, 2.24) is 83.7 Å². The molecule has 2 saturated heterocycles. The Hall–Kier alpha value is -7.97. The number of aliphatic imine (C=N–C) groups is 1. The Balaban J connectivity index is 1.18. The van der Waals surface area contributed by atoms with Crippen LogP contribution in [0, 0.1) is 0 Å². The number of primary amides is 1. The first-order valence-electron chi connectivity index (χ1n) is 42.9. The molecule has 1 unspecified atom stereocenters. The number of aromatic amines is 2. The normalized spacial score (nSPS) is 23.5. The average molecular weight is 1690 g/mol. The minimum Gasteiger partial charge on any atom is -0.395 e. The van der Waals surface area contributed by atoms with Crippen molar-refractivity contribution >= 4 is 58.2 Å². The Labute approximate surface area is 703 Å². The zero-order valence-corrected chi connectivity index (χ0v) is 69.9. The van der Waals surface area contributed by atoms with Crippen molar-refractivity contribution in [2.45, 2.75) is 323 Å². The van der Waals surface area contributed by atoms with Crippen LogP contribution in [0.4, 0.5) is 0 Å². The summed E-state index contributed by atoms with van der Waals surface area (Å²) in [6.07, 6.45) is 5.11. The third-order valence-electron chi connectivity index (χ3n) is 22.1. The van der Waals surface area contributed by atoms with E-state index in [9.17, 15) is 80.1 Å². The van der Waals surface area contributed by atoms with E-state index in [0.717, 1.165) is 42.1 Å². The second-order valence-electron chi connectivity index (χ2n) is 31.9. The van der Waals surface area contributed by atoms with Gasteiger partial charge in [0.05, 0.1) is 86.6 Å². The van der Waals surface area contributed by atoms with E-state index in [4.69, 9.17) is 17.2 Å². The Bertz CT molecular complexity index is 3630. The molecule has 676 valence electrons. The predicted octanol–water partition coefficient (Wildman–Crippen LogP) is -2.96. The van der Waals surface area contributed by atoms with Gasteiger partial charge in [0, 0.05) is 80.3 Å². The van der Waals surface area contributed by atoms with E-state index in [0.29, 0.717) is 43.4 Å². The van der Waals surface area contributed by atoms with Crippen molar-refractivity contribution in [1.29, 1.82) is 0 Å². The fourth-order valence-corrected chi connectivity index (χ4v) is 15.2. The van der Waals surface area contributed by atoms with Gasteiger partial charge < -0.3 is 115 Å². The van der Waals surface area contributed by atoms with Crippen molar-refractivity contribution in [2.24, 2.45) is 22.2 Å². The van der Waals surface area contributed by atoms with Crippen LogP contribution in [-0.4, -0.2) is 285 Å². The van der Waals surface area contributed by atoms with E-state index < -0.39 is 177 Å². The van der Waals surface area contributed by atoms with E-state index in [-0.39, 0.29) is 102 Å². The molecule has 2 aromatic heterocycles. The molecule has 0 bridgehead atoms. The van der Waals surface area contributed by atoms with Crippen LogP contribution in [0.25, 0.3) is 10.9 Å². The van der Waals surface area contributed by atoms with Gasteiger partial charge in [-0.15, -0.1) is 0 Å². The van der Waals surface area contributed by atoms with Crippen LogP contribution in [0.3, 0.4) is 0 Å². The molecule has 7 amide bonds. The molecule has 0 spiro atoms. The molecular formula is C82H140N20O18. The zero-order valence-electron chi connectivity index (χ0n) is 69.9. The minimum atomic E-state index is -1.86. The molecule has 0 aliphatic carbocycles. The Morgan fingerprint density at radius 2 is 1.30 bits per heavy atom. The van der Waals surface area contributed by atoms with Crippen LogP contribution in [0.1, 0.15) is 198 Å². The van der Waals surface area contributed by atoms with Crippen LogP contribution in [0.5, 0.6) is 0 Å². The summed E-state index contributed by atoms with van der Waals surface area (Å²) < 4.78 is 0. The summed E-state index contributed by atoms with van der Waals surface area (Å²) in [4.78, 5) is 113. The number of nitrogens with two attached hydrogens (primary N) is 3. The Morgan fingerprint density at radius 1 is 0.658 bits per heavy atom. The molecule has 31 N–H and O–H groups in total. The monoisotopic (exact) mass is 1690 g/mol. The number of nitrogens with one attached hydrogen (secondary N) is 14. The highest BCUT2D eigenvalue weighted by molar-refractivity contribution is 5.91. The number of carbonyl (C=O) groups is 7. The number of amides is 7. The summed E-state index contributed by atoms with van der Waals surface area (Å²) in [6.45, 7) is 2.95. The van der Waals surface area contributed by atoms with Gasteiger partial charge >= 0.3 is 0 Å². The highest BCUT2D eigenvalue weighted by atomic mass is 16.3. The van der Waals surface area contributed by atoms with E-state index >= 15 is 9.59 Å². The number of imidazole rings is 1. The lowest BCUT2D eigenvalue weighted by molar-refractivity contribution is -0.136. The number of fused-ring (bicyclic) bond motifs is 2. The van der Waals surface area contributed by atoms with E-state index in [1.54, 1.807) is 36.5 Å². The van der Waals surface area contributed by atoms with Gasteiger partial charge in [-0.05, 0) is 88.3 Å². The Kier molecular flexibility index (Phi) is 46.4. The number of para-hydroxylation sites is 1. The maximum atomic E-state index is 15.1. The number of guanidine groups is 1. The summed E-state index contributed by atoms with van der Waals surface area (Å²) in [6, 6.07) is 1.36. The maximum Gasteiger partial charge on any atom is 0.243 e. The number of benzene rings is 2. The van der Waals surface area contributed by atoms with Crippen molar-refractivity contribution in [3.63, 3.8) is 0 Å². The summed E-state index contributed by atoms with van der Waals surface area (Å²) in [5.41, 5.74) is 19.8. The van der Waals surface area contributed by atoms with Crippen LogP contribution in [0.2, 0.25) is 0 Å². The molecule has 2 fully saturated rings. The molecule has 2 aromatic carbocycles. The molecule has 4 heterocycles. The van der Waals surface area contributed by atoms with Gasteiger partial charge in [0.15, 0.2) is 5.96 Å². The number of aromatic nitrogens is 3. The lowest BCUT2D eigenvalue weighted by Crippen LogP contribution is -2.65. The van der Waals surface area contributed by atoms with Crippen LogP contribution < -0.4 is 81.0 Å².